The second kappa shape index (κ2) is 4.82. The zero-order valence-corrected chi connectivity index (χ0v) is 10.00. The Morgan fingerprint density at radius 3 is 3.12 bits per heavy atom. The van der Waals surface area contributed by atoms with Crippen LogP contribution in [0, 0.1) is 0 Å². The van der Waals surface area contributed by atoms with Gasteiger partial charge in [0.15, 0.2) is 5.88 Å². The molecule has 1 unspecified atom stereocenters. The van der Waals surface area contributed by atoms with Crippen LogP contribution in [0.25, 0.3) is 0 Å². The molecule has 1 saturated heterocycles. The molecule has 1 fully saturated rings. The summed E-state index contributed by atoms with van der Waals surface area (Å²) in [4.78, 5) is 12.8. The maximum absolute atomic E-state index is 10.7. The third kappa shape index (κ3) is 2.35. The fourth-order valence-corrected chi connectivity index (χ4v) is 2.96. The third-order valence-corrected chi connectivity index (χ3v) is 4.08. The van der Waals surface area contributed by atoms with Crippen molar-refractivity contribution < 1.29 is 14.3 Å². The van der Waals surface area contributed by atoms with Crippen molar-refractivity contribution in [2.24, 2.45) is 0 Å². The SMILES string of the molecule is CCC1CN(c2ccc(C(=O)O)o2)CCS1. The molecule has 1 aliphatic heterocycles. The van der Waals surface area contributed by atoms with Crippen LogP contribution in [0.4, 0.5) is 5.88 Å². The molecule has 0 spiro atoms. The first-order chi connectivity index (χ1) is 7.70. The zero-order chi connectivity index (χ0) is 11.5. The first-order valence-electron chi connectivity index (χ1n) is 5.40. The van der Waals surface area contributed by atoms with Crippen LogP contribution in [0.3, 0.4) is 0 Å². The lowest BCUT2D eigenvalue weighted by atomic mass is 10.3. The van der Waals surface area contributed by atoms with E-state index in [0.717, 1.165) is 25.3 Å². The molecular formula is C11H15NO3S. The molecule has 4 nitrogen and oxygen atoms in total. The molecule has 5 heteroatoms. The molecule has 2 rings (SSSR count). The molecule has 0 aliphatic carbocycles. The Bertz CT molecular complexity index is 377. The van der Waals surface area contributed by atoms with Crippen LogP contribution in [-0.2, 0) is 0 Å². The molecule has 1 atom stereocenters. The van der Waals surface area contributed by atoms with E-state index in [-0.39, 0.29) is 5.76 Å². The summed E-state index contributed by atoms with van der Waals surface area (Å²) in [6.07, 6.45) is 1.13. The highest BCUT2D eigenvalue weighted by Gasteiger charge is 2.22. The summed E-state index contributed by atoms with van der Waals surface area (Å²) in [6.45, 7) is 4.04. The largest absolute Gasteiger partial charge is 0.475 e. The van der Waals surface area contributed by atoms with Crippen molar-refractivity contribution in [1.29, 1.82) is 0 Å². The van der Waals surface area contributed by atoms with E-state index in [0.29, 0.717) is 11.1 Å². The van der Waals surface area contributed by atoms with Gasteiger partial charge in [-0.05, 0) is 12.5 Å². The smallest absolute Gasteiger partial charge is 0.371 e. The van der Waals surface area contributed by atoms with E-state index in [4.69, 9.17) is 9.52 Å². The van der Waals surface area contributed by atoms with Crippen molar-refractivity contribution in [2.75, 3.05) is 23.7 Å². The average molecular weight is 241 g/mol. The maximum atomic E-state index is 10.7. The van der Waals surface area contributed by atoms with Crippen LogP contribution in [0.1, 0.15) is 23.9 Å². The Morgan fingerprint density at radius 2 is 2.50 bits per heavy atom. The molecule has 0 bridgehead atoms. The van der Waals surface area contributed by atoms with Gasteiger partial charge in [0.2, 0.25) is 5.76 Å². The minimum absolute atomic E-state index is 0.0151. The van der Waals surface area contributed by atoms with Gasteiger partial charge in [-0.3, -0.25) is 0 Å². The fourth-order valence-electron chi connectivity index (χ4n) is 1.78. The Balaban J connectivity index is 2.08. The van der Waals surface area contributed by atoms with Crippen molar-refractivity contribution in [3.05, 3.63) is 17.9 Å². The predicted octanol–water partition coefficient (Wildman–Crippen LogP) is 2.31. The van der Waals surface area contributed by atoms with Crippen LogP contribution in [0.2, 0.25) is 0 Å². The third-order valence-electron chi connectivity index (χ3n) is 2.71. The van der Waals surface area contributed by atoms with Gasteiger partial charge in [-0.1, -0.05) is 6.92 Å². The van der Waals surface area contributed by atoms with Crippen LogP contribution in [0.15, 0.2) is 16.5 Å². The Labute approximate surface area is 98.6 Å². The number of carboxylic acid groups (broad SMARTS) is 1. The van der Waals surface area contributed by atoms with E-state index in [2.05, 4.69) is 11.8 Å². The van der Waals surface area contributed by atoms with E-state index in [9.17, 15) is 4.79 Å². The second-order valence-electron chi connectivity index (χ2n) is 3.79. The highest BCUT2D eigenvalue weighted by Crippen LogP contribution is 2.27. The van der Waals surface area contributed by atoms with Crippen LogP contribution in [-0.4, -0.2) is 35.2 Å². The number of carbonyl (C=O) groups is 1. The Hall–Kier alpha value is -1.10. The second-order valence-corrected chi connectivity index (χ2v) is 5.20. The summed E-state index contributed by atoms with van der Waals surface area (Å²) in [5.74, 6) is 0.754. The topological polar surface area (TPSA) is 53.7 Å². The lowest BCUT2D eigenvalue weighted by Gasteiger charge is -2.31. The molecule has 1 aliphatic rings. The molecular weight excluding hydrogens is 226 g/mol. The van der Waals surface area contributed by atoms with E-state index >= 15 is 0 Å². The maximum Gasteiger partial charge on any atom is 0.371 e. The molecule has 88 valence electrons. The van der Waals surface area contributed by atoms with Crippen LogP contribution in [0.5, 0.6) is 0 Å². The number of hydrogen-bond acceptors (Lipinski definition) is 4. The molecule has 1 aromatic heterocycles. The molecule has 1 N–H and O–H groups in total. The van der Waals surface area contributed by atoms with Gasteiger partial charge in [0, 0.05) is 30.2 Å². The minimum Gasteiger partial charge on any atom is -0.475 e. The lowest BCUT2D eigenvalue weighted by Crippen LogP contribution is -2.37. The molecule has 1 aromatic rings. The molecule has 0 amide bonds. The van der Waals surface area contributed by atoms with E-state index in [1.165, 1.54) is 6.07 Å². The molecule has 16 heavy (non-hydrogen) atoms. The molecule has 0 aromatic carbocycles. The first-order valence-corrected chi connectivity index (χ1v) is 6.45. The Kier molecular flexibility index (Phi) is 3.43. The van der Waals surface area contributed by atoms with E-state index in [1.807, 2.05) is 11.8 Å². The van der Waals surface area contributed by atoms with Gasteiger partial charge in [0.05, 0.1) is 0 Å². The predicted molar refractivity (Wildman–Crippen MR) is 64.4 cm³/mol. The number of nitrogens with zero attached hydrogens (tertiary/aromatic N) is 1. The number of aromatic carboxylic acids is 1. The molecule has 0 saturated carbocycles. The number of carboxylic acids is 1. The Morgan fingerprint density at radius 1 is 1.69 bits per heavy atom. The minimum atomic E-state index is -1.01. The average Bonchev–Trinajstić information content (AvgIpc) is 2.78. The van der Waals surface area contributed by atoms with Crippen molar-refractivity contribution in [3.8, 4) is 0 Å². The fraction of sp³-hybridized carbons (Fsp3) is 0.545. The zero-order valence-electron chi connectivity index (χ0n) is 9.18. The van der Waals surface area contributed by atoms with Gasteiger partial charge in [0.1, 0.15) is 0 Å². The number of hydrogen-bond donors (Lipinski definition) is 1. The molecule has 0 radical (unpaired) electrons. The van der Waals surface area contributed by atoms with Gasteiger partial charge < -0.3 is 14.4 Å². The van der Waals surface area contributed by atoms with Crippen LogP contribution >= 0.6 is 11.8 Å². The van der Waals surface area contributed by atoms with Crippen LogP contribution < -0.4 is 4.90 Å². The summed E-state index contributed by atoms with van der Waals surface area (Å²) < 4.78 is 5.29. The number of furan rings is 1. The number of rotatable bonds is 3. The first kappa shape index (κ1) is 11.4. The van der Waals surface area contributed by atoms with Gasteiger partial charge in [-0.25, -0.2) is 4.79 Å². The normalized spacial score (nSPS) is 21.1. The highest BCUT2D eigenvalue weighted by atomic mass is 32.2. The van der Waals surface area contributed by atoms with Crippen molar-refractivity contribution in [3.63, 3.8) is 0 Å². The van der Waals surface area contributed by atoms with Gasteiger partial charge in [0.25, 0.3) is 0 Å². The highest BCUT2D eigenvalue weighted by molar-refractivity contribution is 8.00. The van der Waals surface area contributed by atoms with Gasteiger partial charge >= 0.3 is 5.97 Å². The van der Waals surface area contributed by atoms with Crippen molar-refractivity contribution >= 4 is 23.6 Å². The van der Waals surface area contributed by atoms with Crippen molar-refractivity contribution in [2.45, 2.75) is 18.6 Å². The summed E-state index contributed by atoms with van der Waals surface area (Å²) in [6, 6.07) is 3.26. The van der Waals surface area contributed by atoms with E-state index in [1.54, 1.807) is 6.07 Å². The monoisotopic (exact) mass is 241 g/mol. The van der Waals surface area contributed by atoms with Crippen molar-refractivity contribution in [1.82, 2.24) is 0 Å². The summed E-state index contributed by atoms with van der Waals surface area (Å²) in [7, 11) is 0. The number of thioether (sulfide) groups is 1. The van der Waals surface area contributed by atoms with Gasteiger partial charge in [-0.2, -0.15) is 11.8 Å². The summed E-state index contributed by atoms with van der Waals surface area (Å²) >= 11 is 1.98. The van der Waals surface area contributed by atoms with Gasteiger partial charge in [-0.15, -0.1) is 0 Å². The lowest BCUT2D eigenvalue weighted by molar-refractivity contribution is 0.0663. The molecule has 2 heterocycles. The summed E-state index contributed by atoms with van der Waals surface area (Å²) in [5, 5.41) is 9.40. The number of anilines is 1. The summed E-state index contributed by atoms with van der Waals surface area (Å²) in [5.41, 5.74) is 0. The standard InChI is InChI=1S/C11H15NO3S/c1-2-8-7-12(5-6-16-8)10-4-3-9(15-10)11(13)14/h3-4,8H,2,5-7H2,1H3,(H,13,14). The quantitative estimate of drug-likeness (QED) is 0.880. The van der Waals surface area contributed by atoms with E-state index < -0.39 is 5.97 Å².